The number of fused-ring (bicyclic) bond motifs is 1. The first-order valence-corrected chi connectivity index (χ1v) is 4.96. The molecular weight excluding hydrogens is 196 g/mol. The lowest BCUT2D eigenvalue weighted by atomic mass is 10.0. The first-order valence-electron chi connectivity index (χ1n) is 4.96. The molecule has 0 spiro atoms. The number of anilines is 1. The molecule has 0 aliphatic carbocycles. The van der Waals surface area contributed by atoms with Crippen molar-refractivity contribution < 1.29 is 9.90 Å². The molecule has 0 amide bonds. The van der Waals surface area contributed by atoms with Crippen LogP contribution in [-0.4, -0.2) is 39.7 Å². The molecule has 1 aromatic rings. The number of carboxylic acid groups (broad SMARTS) is 1. The quantitative estimate of drug-likeness (QED) is 0.777. The van der Waals surface area contributed by atoms with Crippen LogP contribution in [0.5, 0.6) is 0 Å². The van der Waals surface area contributed by atoms with Crippen molar-refractivity contribution in [2.45, 2.75) is 25.8 Å². The van der Waals surface area contributed by atoms with Gasteiger partial charge >= 0.3 is 5.97 Å². The number of aliphatic carboxylic acids is 1. The van der Waals surface area contributed by atoms with Gasteiger partial charge in [0.2, 0.25) is 0 Å². The summed E-state index contributed by atoms with van der Waals surface area (Å²) in [6.07, 6.45) is 0.0968. The monoisotopic (exact) mass is 210 g/mol. The van der Waals surface area contributed by atoms with Crippen molar-refractivity contribution in [2.24, 2.45) is 0 Å². The Morgan fingerprint density at radius 3 is 3.00 bits per heavy atom. The topological polar surface area (TPSA) is 71.2 Å². The van der Waals surface area contributed by atoms with Gasteiger partial charge in [0.05, 0.1) is 13.0 Å². The van der Waals surface area contributed by atoms with E-state index in [-0.39, 0.29) is 12.3 Å². The highest BCUT2D eigenvalue weighted by atomic mass is 16.4. The number of rotatable bonds is 3. The maximum absolute atomic E-state index is 10.6. The molecule has 0 fully saturated rings. The number of likely N-dealkylation sites (N-methyl/N-ethyl adjacent to an activating group) is 1. The second kappa shape index (κ2) is 3.52. The SMILES string of the molecule is CC(CC(=O)O)c1nnn2c1N(C)CC2. The molecule has 0 saturated heterocycles. The number of carboxylic acids is 1. The minimum Gasteiger partial charge on any atom is -0.481 e. The average Bonchev–Trinajstić information content (AvgIpc) is 2.68. The molecule has 1 aliphatic rings. The minimum absolute atomic E-state index is 0.0909. The molecule has 6 nitrogen and oxygen atoms in total. The van der Waals surface area contributed by atoms with Crippen molar-refractivity contribution in [3.8, 4) is 0 Å². The molecule has 1 N–H and O–H groups in total. The van der Waals surface area contributed by atoms with E-state index in [2.05, 4.69) is 15.2 Å². The van der Waals surface area contributed by atoms with E-state index < -0.39 is 5.97 Å². The van der Waals surface area contributed by atoms with E-state index in [0.29, 0.717) is 0 Å². The molecule has 2 rings (SSSR count). The Bertz CT molecular complexity index is 387. The molecule has 1 aromatic heterocycles. The highest BCUT2D eigenvalue weighted by Gasteiger charge is 2.26. The molecule has 82 valence electrons. The predicted molar refractivity (Wildman–Crippen MR) is 54.0 cm³/mol. The van der Waals surface area contributed by atoms with Gasteiger partial charge in [-0.25, -0.2) is 4.68 Å². The van der Waals surface area contributed by atoms with Gasteiger partial charge in [-0.1, -0.05) is 12.1 Å². The van der Waals surface area contributed by atoms with Crippen LogP contribution in [0.2, 0.25) is 0 Å². The molecule has 6 heteroatoms. The van der Waals surface area contributed by atoms with Crippen LogP contribution in [0.4, 0.5) is 5.82 Å². The van der Waals surface area contributed by atoms with Gasteiger partial charge in [0.25, 0.3) is 0 Å². The smallest absolute Gasteiger partial charge is 0.304 e. The van der Waals surface area contributed by atoms with Crippen molar-refractivity contribution in [3.05, 3.63) is 5.69 Å². The summed E-state index contributed by atoms with van der Waals surface area (Å²) in [6, 6.07) is 0. The third kappa shape index (κ3) is 1.67. The number of nitrogens with zero attached hydrogens (tertiary/aromatic N) is 4. The molecule has 1 atom stereocenters. The Labute approximate surface area is 87.5 Å². The fourth-order valence-corrected chi connectivity index (χ4v) is 1.89. The van der Waals surface area contributed by atoms with Gasteiger partial charge in [0.15, 0.2) is 5.82 Å². The minimum atomic E-state index is -0.801. The standard InChI is InChI=1S/C9H14N4O2/c1-6(5-7(14)15)8-9-12(2)3-4-13(9)11-10-8/h6H,3-5H2,1-2H3,(H,14,15). The maximum atomic E-state index is 10.6. The molecule has 1 aliphatic heterocycles. The molecule has 15 heavy (non-hydrogen) atoms. The van der Waals surface area contributed by atoms with E-state index in [9.17, 15) is 4.79 Å². The largest absolute Gasteiger partial charge is 0.481 e. The van der Waals surface area contributed by atoms with Crippen molar-refractivity contribution in [3.63, 3.8) is 0 Å². The van der Waals surface area contributed by atoms with Crippen LogP contribution in [0.3, 0.4) is 0 Å². The summed E-state index contributed by atoms with van der Waals surface area (Å²) in [5.74, 6) is 0.0699. The van der Waals surface area contributed by atoms with Crippen LogP contribution in [0.1, 0.15) is 25.0 Å². The Morgan fingerprint density at radius 2 is 2.33 bits per heavy atom. The fourth-order valence-electron chi connectivity index (χ4n) is 1.89. The van der Waals surface area contributed by atoms with Crippen LogP contribution in [0.25, 0.3) is 0 Å². The molecule has 0 aromatic carbocycles. The zero-order valence-electron chi connectivity index (χ0n) is 8.84. The molecular formula is C9H14N4O2. The van der Waals surface area contributed by atoms with Gasteiger partial charge in [0.1, 0.15) is 5.69 Å². The predicted octanol–water partition coefficient (Wildman–Crippen LogP) is 0.306. The third-order valence-corrected chi connectivity index (χ3v) is 2.69. The van der Waals surface area contributed by atoms with Crippen LogP contribution < -0.4 is 4.90 Å². The molecule has 0 radical (unpaired) electrons. The maximum Gasteiger partial charge on any atom is 0.304 e. The number of hydrogen-bond donors (Lipinski definition) is 1. The summed E-state index contributed by atoms with van der Waals surface area (Å²) in [5, 5.41) is 16.8. The van der Waals surface area contributed by atoms with Gasteiger partial charge in [-0.3, -0.25) is 4.79 Å². The lowest BCUT2D eigenvalue weighted by molar-refractivity contribution is -0.137. The summed E-state index contributed by atoms with van der Waals surface area (Å²) in [7, 11) is 1.97. The Hall–Kier alpha value is -1.59. The molecule has 0 bridgehead atoms. The Kier molecular flexibility index (Phi) is 2.34. The molecule has 2 heterocycles. The van der Waals surface area contributed by atoms with E-state index in [1.807, 2.05) is 18.7 Å². The van der Waals surface area contributed by atoms with Crippen LogP contribution in [-0.2, 0) is 11.3 Å². The average molecular weight is 210 g/mol. The van der Waals surface area contributed by atoms with Crippen molar-refractivity contribution in [2.75, 3.05) is 18.5 Å². The Morgan fingerprint density at radius 1 is 1.60 bits per heavy atom. The van der Waals surface area contributed by atoms with E-state index in [1.54, 1.807) is 0 Å². The lowest BCUT2D eigenvalue weighted by Crippen LogP contribution is -2.16. The van der Waals surface area contributed by atoms with Gasteiger partial charge in [-0.2, -0.15) is 0 Å². The summed E-state index contributed by atoms with van der Waals surface area (Å²) in [6.45, 7) is 3.61. The highest BCUT2D eigenvalue weighted by Crippen LogP contribution is 2.29. The second-order valence-electron chi connectivity index (χ2n) is 3.94. The summed E-state index contributed by atoms with van der Waals surface area (Å²) in [5.41, 5.74) is 0.789. The number of carbonyl (C=O) groups is 1. The summed E-state index contributed by atoms with van der Waals surface area (Å²) < 4.78 is 1.83. The molecule has 1 unspecified atom stereocenters. The lowest BCUT2D eigenvalue weighted by Gasteiger charge is -2.13. The third-order valence-electron chi connectivity index (χ3n) is 2.69. The van der Waals surface area contributed by atoms with Crippen LogP contribution >= 0.6 is 0 Å². The number of hydrogen-bond acceptors (Lipinski definition) is 4. The summed E-state index contributed by atoms with van der Waals surface area (Å²) >= 11 is 0. The van der Waals surface area contributed by atoms with Crippen molar-refractivity contribution >= 4 is 11.8 Å². The van der Waals surface area contributed by atoms with Gasteiger partial charge in [0, 0.05) is 19.5 Å². The van der Waals surface area contributed by atoms with E-state index in [0.717, 1.165) is 24.6 Å². The van der Waals surface area contributed by atoms with E-state index >= 15 is 0 Å². The van der Waals surface area contributed by atoms with E-state index in [1.165, 1.54) is 0 Å². The fraction of sp³-hybridized carbons (Fsp3) is 0.667. The second-order valence-corrected chi connectivity index (χ2v) is 3.94. The van der Waals surface area contributed by atoms with Crippen LogP contribution in [0.15, 0.2) is 0 Å². The normalized spacial score (nSPS) is 16.5. The van der Waals surface area contributed by atoms with Crippen molar-refractivity contribution in [1.82, 2.24) is 15.0 Å². The Balaban J connectivity index is 2.26. The number of aromatic nitrogens is 3. The first-order chi connectivity index (χ1) is 7.09. The van der Waals surface area contributed by atoms with E-state index in [4.69, 9.17) is 5.11 Å². The zero-order valence-corrected chi connectivity index (χ0v) is 8.84. The zero-order chi connectivity index (χ0) is 11.0. The van der Waals surface area contributed by atoms with Gasteiger partial charge in [-0.15, -0.1) is 5.10 Å². The van der Waals surface area contributed by atoms with Gasteiger partial charge in [-0.05, 0) is 0 Å². The van der Waals surface area contributed by atoms with Crippen LogP contribution in [0, 0.1) is 0 Å². The van der Waals surface area contributed by atoms with Gasteiger partial charge < -0.3 is 10.0 Å². The highest BCUT2D eigenvalue weighted by molar-refractivity contribution is 5.68. The molecule has 0 saturated carbocycles. The summed E-state index contributed by atoms with van der Waals surface area (Å²) in [4.78, 5) is 12.7. The van der Waals surface area contributed by atoms with Crippen molar-refractivity contribution in [1.29, 1.82) is 0 Å². The first kappa shape index (κ1) is 9.95.